The normalized spacial score (nSPS) is 9.83. The molecule has 0 radical (unpaired) electrons. The number of nitrogens with one attached hydrogen (secondary N) is 1. The van der Waals surface area contributed by atoms with Crippen molar-refractivity contribution in [2.45, 2.75) is 0 Å². The van der Waals surface area contributed by atoms with Crippen LogP contribution in [0.15, 0.2) is 30.8 Å². The van der Waals surface area contributed by atoms with Crippen LogP contribution in [0.5, 0.6) is 0 Å². The van der Waals surface area contributed by atoms with Crippen LogP contribution in [0, 0.1) is 0 Å². The van der Waals surface area contributed by atoms with E-state index in [2.05, 4.69) is 11.9 Å². The quantitative estimate of drug-likeness (QED) is 0.756. The highest BCUT2D eigenvalue weighted by Crippen LogP contribution is 2.21. The Bertz CT molecular complexity index is 281. The van der Waals surface area contributed by atoms with Gasteiger partial charge < -0.3 is 5.32 Å². The van der Waals surface area contributed by atoms with Crippen LogP contribution in [0.3, 0.4) is 0 Å². The van der Waals surface area contributed by atoms with E-state index in [1.807, 2.05) is 31.3 Å². The largest absolute Gasteiger partial charge is 0.316 e. The topological polar surface area (TPSA) is 12.0 Å². The predicted octanol–water partition coefficient (Wildman–Crippen LogP) is 2.57. The Balaban J connectivity index is 2.87. The molecule has 0 aliphatic heterocycles. The minimum Gasteiger partial charge on any atom is -0.316 e. The molecule has 0 saturated heterocycles. The Labute approximate surface area is 78.1 Å². The molecule has 0 aliphatic rings. The van der Waals surface area contributed by atoms with Gasteiger partial charge in [0.05, 0.1) is 0 Å². The minimum absolute atomic E-state index is 0.762. The van der Waals surface area contributed by atoms with Gasteiger partial charge in [-0.1, -0.05) is 36.4 Å². The molecule has 0 bridgehead atoms. The number of hydrogen-bond donors (Lipinski definition) is 1. The molecule has 0 saturated carbocycles. The van der Waals surface area contributed by atoms with Gasteiger partial charge in [0.15, 0.2) is 0 Å². The van der Waals surface area contributed by atoms with Crippen molar-refractivity contribution in [1.29, 1.82) is 0 Å². The van der Waals surface area contributed by atoms with Crippen molar-refractivity contribution < 1.29 is 0 Å². The predicted molar refractivity (Wildman–Crippen MR) is 54.4 cm³/mol. The van der Waals surface area contributed by atoms with Crippen LogP contribution in [-0.2, 0) is 0 Å². The number of hydrogen-bond acceptors (Lipinski definition) is 1. The molecular weight excluding hydrogens is 170 g/mol. The van der Waals surface area contributed by atoms with Crippen LogP contribution in [0.4, 0.5) is 0 Å². The van der Waals surface area contributed by atoms with E-state index in [-0.39, 0.29) is 0 Å². The van der Waals surface area contributed by atoms with Crippen molar-refractivity contribution >= 4 is 17.2 Å². The van der Waals surface area contributed by atoms with Gasteiger partial charge in [-0.25, -0.2) is 0 Å². The summed E-state index contributed by atoms with van der Waals surface area (Å²) in [4.78, 5) is 0. The Kier molecular flexibility index (Phi) is 3.32. The molecule has 0 unspecified atom stereocenters. The molecule has 2 heteroatoms. The molecule has 0 aromatic heterocycles. The monoisotopic (exact) mass is 181 g/mol. The van der Waals surface area contributed by atoms with Gasteiger partial charge in [-0.3, -0.25) is 0 Å². The molecule has 0 fully saturated rings. The highest BCUT2D eigenvalue weighted by molar-refractivity contribution is 6.32. The fraction of sp³-hybridized carbons (Fsp3) is 0.200. The third kappa shape index (κ3) is 2.10. The molecule has 12 heavy (non-hydrogen) atoms. The van der Waals surface area contributed by atoms with Crippen molar-refractivity contribution in [3.05, 3.63) is 41.4 Å². The number of rotatable bonds is 3. The highest BCUT2D eigenvalue weighted by Gasteiger charge is 2.01. The van der Waals surface area contributed by atoms with Gasteiger partial charge in [-0.15, -0.1) is 0 Å². The Morgan fingerprint density at radius 3 is 2.75 bits per heavy atom. The van der Waals surface area contributed by atoms with Crippen molar-refractivity contribution in [2.75, 3.05) is 13.6 Å². The average Bonchev–Trinajstić information content (AvgIpc) is 2.05. The molecule has 1 N–H and O–H groups in total. The molecule has 0 aliphatic carbocycles. The van der Waals surface area contributed by atoms with Crippen LogP contribution in [-0.4, -0.2) is 13.6 Å². The molecule has 0 amide bonds. The van der Waals surface area contributed by atoms with Gasteiger partial charge in [0, 0.05) is 11.6 Å². The van der Waals surface area contributed by atoms with Crippen molar-refractivity contribution in [1.82, 2.24) is 5.32 Å². The zero-order chi connectivity index (χ0) is 8.97. The number of likely N-dealkylation sites (N-methyl/N-ethyl adjacent to an activating group) is 1. The summed E-state index contributed by atoms with van der Waals surface area (Å²) >= 11 is 5.97. The first-order valence-corrected chi connectivity index (χ1v) is 4.20. The SMILES string of the molecule is C=C(CNC)c1ccccc1Cl. The lowest BCUT2D eigenvalue weighted by molar-refractivity contribution is 0.933. The van der Waals surface area contributed by atoms with Gasteiger partial charge >= 0.3 is 0 Å². The van der Waals surface area contributed by atoms with Gasteiger partial charge in [0.25, 0.3) is 0 Å². The maximum atomic E-state index is 5.97. The molecular formula is C10H12ClN. The third-order valence-electron chi connectivity index (χ3n) is 1.64. The first-order chi connectivity index (χ1) is 5.75. The maximum Gasteiger partial charge on any atom is 0.0481 e. The fourth-order valence-electron chi connectivity index (χ4n) is 1.06. The zero-order valence-corrected chi connectivity index (χ0v) is 7.86. The van der Waals surface area contributed by atoms with E-state index < -0.39 is 0 Å². The lowest BCUT2D eigenvalue weighted by Gasteiger charge is -2.06. The summed E-state index contributed by atoms with van der Waals surface area (Å²) in [6.07, 6.45) is 0. The van der Waals surface area contributed by atoms with Crippen LogP contribution < -0.4 is 5.32 Å². The van der Waals surface area contributed by atoms with Crippen LogP contribution in [0.25, 0.3) is 5.57 Å². The van der Waals surface area contributed by atoms with E-state index in [0.717, 1.165) is 22.7 Å². The summed E-state index contributed by atoms with van der Waals surface area (Å²) in [6, 6.07) is 7.72. The van der Waals surface area contributed by atoms with E-state index in [1.165, 1.54) is 0 Å². The van der Waals surface area contributed by atoms with Crippen LogP contribution >= 0.6 is 11.6 Å². The Hall–Kier alpha value is -0.790. The van der Waals surface area contributed by atoms with E-state index in [1.54, 1.807) is 0 Å². The van der Waals surface area contributed by atoms with Crippen LogP contribution in [0.1, 0.15) is 5.56 Å². The van der Waals surface area contributed by atoms with E-state index in [4.69, 9.17) is 11.6 Å². The van der Waals surface area contributed by atoms with Crippen molar-refractivity contribution in [2.24, 2.45) is 0 Å². The summed E-state index contributed by atoms with van der Waals surface area (Å²) in [5.41, 5.74) is 2.04. The third-order valence-corrected chi connectivity index (χ3v) is 1.97. The number of benzene rings is 1. The Morgan fingerprint density at radius 1 is 1.50 bits per heavy atom. The lowest BCUT2D eigenvalue weighted by atomic mass is 10.1. The standard InChI is InChI=1S/C10H12ClN/c1-8(7-12-2)9-5-3-4-6-10(9)11/h3-6,12H,1,7H2,2H3. The van der Waals surface area contributed by atoms with E-state index >= 15 is 0 Å². The molecule has 64 valence electrons. The van der Waals surface area contributed by atoms with Gasteiger partial charge in [-0.2, -0.15) is 0 Å². The first kappa shape index (κ1) is 9.30. The molecule has 1 rings (SSSR count). The summed E-state index contributed by atoms with van der Waals surface area (Å²) in [5.74, 6) is 0. The summed E-state index contributed by atoms with van der Waals surface area (Å²) in [7, 11) is 1.89. The fourth-order valence-corrected chi connectivity index (χ4v) is 1.33. The maximum absolute atomic E-state index is 5.97. The lowest BCUT2D eigenvalue weighted by Crippen LogP contribution is -2.09. The summed E-state index contributed by atoms with van der Waals surface area (Å²) in [5, 5.41) is 3.80. The zero-order valence-electron chi connectivity index (χ0n) is 7.10. The second kappa shape index (κ2) is 4.29. The highest BCUT2D eigenvalue weighted by atomic mass is 35.5. The second-order valence-corrected chi connectivity index (χ2v) is 3.02. The van der Waals surface area contributed by atoms with Crippen LogP contribution in [0.2, 0.25) is 5.02 Å². The van der Waals surface area contributed by atoms with Crippen molar-refractivity contribution in [3.8, 4) is 0 Å². The summed E-state index contributed by atoms with van der Waals surface area (Å²) in [6.45, 7) is 4.70. The first-order valence-electron chi connectivity index (χ1n) is 3.83. The van der Waals surface area contributed by atoms with Gasteiger partial charge in [-0.05, 0) is 24.3 Å². The number of halogens is 1. The van der Waals surface area contributed by atoms with Gasteiger partial charge in [0.2, 0.25) is 0 Å². The molecule has 1 nitrogen and oxygen atoms in total. The molecule has 1 aromatic carbocycles. The van der Waals surface area contributed by atoms with Crippen molar-refractivity contribution in [3.63, 3.8) is 0 Å². The van der Waals surface area contributed by atoms with E-state index in [0.29, 0.717) is 0 Å². The molecule has 1 aromatic rings. The minimum atomic E-state index is 0.762. The molecule has 0 atom stereocenters. The Morgan fingerprint density at radius 2 is 2.17 bits per heavy atom. The summed E-state index contributed by atoms with van der Waals surface area (Å²) < 4.78 is 0. The second-order valence-electron chi connectivity index (χ2n) is 2.61. The van der Waals surface area contributed by atoms with Gasteiger partial charge in [0.1, 0.15) is 0 Å². The average molecular weight is 182 g/mol. The smallest absolute Gasteiger partial charge is 0.0481 e. The molecule has 0 heterocycles. The molecule has 0 spiro atoms. The van der Waals surface area contributed by atoms with E-state index in [9.17, 15) is 0 Å².